The van der Waals surface area contributed by atoms with Crippen LogP contribution >= 0.6 is 0 Å². The van der Waals surface area contributed by atoms with Crippen molar-refractivity contribution in [3.63, 3.8) is 0 Å². The van der Waals surface area contributed by atoms with E-state index >= 15 is 0 Å². The van der Waals surface area contributed by atoms with E-state index in [0.29, 0.717) is 13.0 Å². The maximum Gasteiger partial charge on any atom is 0.222 e. The van der Waals surface area contributed by atoms with E-state index in [1.807, 2.05) is 28.1 Å². The summed E-state index contributed by atoms with van der Waals surface area (Å²) in [5.74, 6) is 0.183. The Kier molecular flexibility index (Phi) is 6.52. The van der Waals surface area contributed by atoms with E-state index in [-0.39, 0.29) is 11.9 Å². The topological polar surface area (TPSA) is 49.6 Å². The second-order valence-electron chi connectivity index (χ2n) is 5.68. The van der Waals surface area contributed by atoms with Gasteiger partial charge in [0.15, 0.2) is 0 Å². The zero-order chi connectivity index (χ0) is 15.1. The molecule has 0 fully saturated rings. The van der Waals surface area contributed by atoms with Gasteiger partial charge in [0.05, 0.1) is 0 Å². The Labute approximate surface area is 122 Å². The molecule has 1 aromatic carbocycles. The summed E-state index contributed by atoms with van der Waals surface area (Å²) in [6.45, 7) is 2.63. The molecule has 1 unspecified atom stereocenters. The highest BCUT2D eigenvalue weighted by Crippen LogP contribution is 2.14. The summed E-state index contributed by atoms with van der Waals surface area (Å²) < 4.78 is 0. The van der Waals surface area contributed by atoms with Gasteiger partial charge in [-0.15, -0.1) is 0 Å². The highest BCUT2D eigenvalue weighted by Gasteiger charge is 2.09. The van der Waals surface area contributed by atoms with E-state index in [2.05, 4.69) is 29.2 Å². The molecule has 0 saturated heterocycles. The minimum atomic E-state index is 0.173. The molecular weight excluding hydrogens is 250 g/mol. The van der Waals surface area contributed by atoms with E-state index in [4.69, 9.17) is 5.73 Å². The van der Waals surface area contributed by atoms with Crippen LogP contribution in [0.2, 0.25) is 0 Å². The Bertz CT molecular complexity index is 412. The number of anilines is 1. The number of nitrogens with two attached hydrogens (primary N) is 1. The van der Waals surface area contributed by atoms with Gasteiger partial charge in [0, 0.05) is 45.8 Å². The predicted octanol–water partition coefficient (Wildman–Crippen LogP) is 2.23. The fourth-order valence-corrected chi connectivity index (χ4v) is 2.03. The lowest BCUT2D eigenvalue weighted by Gasteiger charge is -2.18. The minimum absolute atomic E-state index is 0.173. The van der Waals surface area contributed by atoms with Crippen LogP contribution in [0.5, 0.6) is 0 Å². The molecule has 2 N–H and O–H groups in total. The van der Waals surface area contributed by atoms with Crippen LogP contribution in [0.4, 0.5) is 5.69 Å². The second-order valence-corrected chi connectivity index (χ2v) is 5.68. The van der Waals surface area contributed by atoms with Gasteiger partial charge in [0.1, 0.15) is 0 Å². The summed E-state index contributed by atoms with van der Waals surface area (Å²) >= 11 is 0. The molecule has 0 bridgehead atoms. The van der Waals surface area contributed by atoms with Crippen LogP contribution in [0.25, 0.3) is 0 Å². The average molecular weight is 277 g/mol. The molecule has 112 valence electrons. The first-order valence-corrected chi connectivity index (χ1v) is 7.16. The van der Waals surface area contributed by atoms with Crippen molar-refractivity contribution < 1.29 is 4.79 Å². The summed E-state index contributed by atoms with van der Waals surface area (Å²) in [4.78, 5) is 15.8. The molecule has 0 aromatic heterocycles. The summed E-state index contributed by atoms with van der Waals surface area (Å²) in [5.41, 5.74) is 8.01. The molecule has 4 nitrogen and oxygen atoms in total. The lowest BCUT2D eigenvalue weighted by Crippen LogP contribution is -2.26. The molecule has 1 aromatic rings. The lowest BCUT2D eigenvalue weighted by atomic mass is 10.1. The zero-order valence-corrected chi connectivity index (χ0v) is 13.1. The highest BCUT2D eigenvalue weighted by molar-refractivity contribution is 5.75. The molecule has 0 spiro atoms. The van der Waals surface area contributed by atoms with Gasteiger partial charge in [-0.3, -0.25) is 4.79 Å². The van der Waals surface area contributed by atoms with Crippen molar-refractivity contribution in [3.8, 4) is 0 Å². The standard InChI is InChI=1S/C16H27N3O/c1-13(17)6-5-7-16(20)19(4)12-14-8-10-15(11-9-14)18(2)3/h8-11,13H,5-7,12,17H2,1-4H3. The lowest BCUT2D eigenvalue weighted by molar-refractivity contribution is -0.130. The van der Waals surface area contributed by atoms with Gasteiger partial charge in [-0.2, -0.15) is 0 Å². The Balaban J connectivity index is 2.44. The van der Waals surface area contributed by atoms with E-state index in [1.165, 1.54) is 5.69 Å². The number of carbonyl (C=O) groups excluding carboxylic acids is 1. The van der Waals surface area contributed by atoms with E-state index < -0.39 is 0 Å². The Hall–Kier alpha value is -1.55. The van der Waals surface area contributed by atoms with E-state index in [0.717, 1.165) is 18.4 Å². The number of carbonyl (C=O) groups is 1. The molecule has 0 aliphatic heterocycles. The fraction of sp³-hybridized carbons (Fsp3) is 0.562. The molecule has 0 aliphatic rings. The van der Waals surface area contributed by atoms with Crippen molar-refractivity contribution in [2.75, 3.05) is 26.0 Å². The Morgan fingerprint density at radius 3 is 2.30 bits per heavy atom. The summed E-state index contributed by atoms with van der Waals surface area (Å²) in [7, 11) is 5.89. The molecule has 0 radical (unpaired) electrons. The molecule has 20 heavy (non-hydrogen) atoms. The Morgan fingerprint density at radius 1 is 1.20 bits per heavy atom. The monoisotopic (exact) mass is 277 g/mol. The van der Waals surface area contributed by atoms with Crippen molar-refractivity contribution in [1.29, 1.82) is 0 Å². The van der Waals surface area contributed by atoms with Gasteiger partial charge in [0.25, 0.3) is 0 Å². The molecular formula is C16H27N3O. The number of hydrogen-bond donors (Lipinski definition) is 1. The average Bonchev–Trinajstić information content (AvgIpc) is 2.38. The maximum atomic E-state index is 12.0. The van der Waals surface area contributed by atoms with Crippen LogP contribution in [-0.2, 0) is 11.3 Å². The molecule has 0 heterocycles. The van der Waals surface area contributed by atoms with Crippen LogP contribution in [0.15, 0.2) is 24.3 Å². The summed E-state index contributed by atoms with van der Waals surface area (Å²) in [5, 5.41) is 0. The normalized spacial score (nSPS) is 12.1. The van der Waals surface area contributed by atoms with Crippen molar-refractivity contribution in [3.05, 3.63) is 29.8 Å². The second kappa shape index (κ2) is 7.90. The Morgan fingerprint density at radius 2 is 1.80 bits per heavy atom. The fourth-order valence-electron chi connectivity index (χ4n) is 2.03. The SMILES string of the molecule is CC(N)CCCC(=O)N(C)Cc1ccc(N(C)C)cc1. The van der Waals surface area contributed by atoms with Gasteiger partial charge < -0.3 is 15.5 Å². The first-order chi connectivity index (χ1) is 9.40. The van der Waals surface area contributed by atoms with Gasteiger partial charge in [-0.05, 0) is 37.5 Å². The first-order valence-electron chi connectivity index (χ1n) is 7.16. The third kappa shape index (κ3) is 5.61. The van der Waals surface area contributed by atoms with Crippen LogP contribution in [0.1, 0.15) is 31.7 Å². The molecule has 4 heteroatoms. The van der Waals surface area contributed by atoms with Crippen molar-refractivity contribution >= 4 is 11.6 Å². The minimum Gasteiger partial charge on any atom is -0.378 e. The third-order valence-electron chi connectivity index (χ3n) is 3.35. The number of benzene rings is 1. The largest absolute Gasteiger partial charge is 0.378 e. The van der Waals surface area contributed by atoms with Crippen molar-refractivity contribution in [2.45, 2.75) is 38.8 Å². The number of nitrogens with zero attached hydrogens (tertiary/aromatic N) is 2. The predicted molar refractivity (Wildman–Crippen MR) is 84.7 cm³/mol. The summed E-state index contributed by atoms with van der Waals surface area (Å²) in [6, 6.07) is 8.46. The smallest absolute Gasteiger partial charge is 0.222 e. The maximum absolute atomic E-state index is 12.0. The van der Waals surface area contributed by atoms with E-state index in [1.54, 1.807) is 4.90 Å². The van der Waals surface area contributed by atoms with Gasteiger partial charge in [-0.25, -0.2) is 0 Å². The molecule has 0 aliphatic carbocycles. The number of rotatable bonds is 7. The molecule has 0 saturated carbocycles. The zero-order valence-electron chi connectivity index (χ0n) is 13.1. The van der Waals surface area contributed by atoms with Gasteiger partial charge in [-0.1, -0.05) is 12.1 Å². The molecule has 1 amide bonds. The van der Waals surface area contributed by atoms with Crippen LogP contribution < -0.4 is 10.6 Å². The van der Waals surface area contributed by atoms with Gasteiger partial charge in [0.2, 0.25) is 5.91 Å². The number of hydrogen-bond acceptors (Lipinski definition) is 3. The van der Waals surface area contributed by atoms with E-state index in [9.17, 15) is 4.79 Å². The highest BCUT2D eigenvalue weighted by atomic mass is 16.2. The van der Waals surface area contributed by atoms with Crippen LogP contribution in [0, 0.1) is 0 Å². The van der Waals surface area contributed by atoms with Crippen LogP contribution in [0.3, 0.4) is 0 Å². The third-order valence-corrected chi connectivity index (χ3v) is 3.35. The quantitative estimate of drug-likeness (QED) is 0.831. The molecule has 1 atom stereocenters. The summed E-state index contributed by atoms with van der Waals surface area (Å²) in [6.07, 6.45) is 2.34. The van der Waals surface area contributed by atoms with Gasteiger partial charge >= 0.3 is 0 Å². The van der Waals surface area contributed by atoms with Crippen molar-refractivity contribution in [2.24, 2.45) is 5.73 Å². The molecule has 1 rings (SSSR count). The number of amides is 1. The first kappa shape index (κ1) is 16.5. The van der Waals surface area contributed by atoms with Crippen molar-refractivity contribution in [1.82, 2.24) is 4.90 Å². The van der Waals surface area contributed by atoms with Crippen LogP contribution in [-0.4, -0.2) is 38.0 Å².